The van der Waals surface area contributed by atoms with E-state index in [2.05, 4.69) is 9.88 Å². The van der Waals surface area contributed by atoms with Gasteiger partial charge in [-0.3, -0.25) is 9.88 Å². The predicted molar refractivity (Wildman–Crippen MR) is 78.8 cm³/mol. The first-order valence-corrected chi connectivity index (χ1v) is 9.08. The number of hydrogen-bond donors (Lipinski definition) is 0. The average molecular weight is 365 g/mol. The van der Waals surface area contributed by atoms with E-state index in [4.69, 9.17) is 4.74 Å². The van der Waals surface area contributed by atoms with Gasteiger partial charge in [0.2, 0.25) is 10.0 Å². The highest BCUT2D eigenvalue weighted by Crippen LogP contribution is 2.29. The molecule has 6 nitrogen and oxygen atoms in total. The van der Waals surface area contributed by atoms with Crippen molar-refractivity contribution in [2.24, 2.45) is 0 Å². The lowest BCUT2D eigenvalue weighted by Crippen LogP contribution is -2.45. The van der Waals surface area contributed by atoms with Crippen molar-refractivity contribution in [1.29, 1.82) is 0 Å². The van der Waals surface area contributed by atoms with Gasteiger partial charge in [-0.05, 0) is 18.6 Å². The van der Waals surface area contributed by atoms with Gasteiger partial charge < -0.3 is 4.74 Å². The topological polar surface area (TPSA) is 62.7 Å². The minimum atomic E-state index is -4.59. The van der Waals surface area contributed by atoms with Gasteiger partial charge in [0, 0.05) is 38.4 Å². The van der Waals surface area contributed by atoms with E-state index < -0.39 is 21.9 Å². The summed E-state index contributed by atoms with van der Waals surface area (Å²) in [5, 5.41) is 0. The molecular weight excluding hydrogens is 347 g/mol. The first kappa shape index (κ1) is 17.6. The van der Waals surface area contributed by atoms with Gasteiger partial charge in [-0.25, -0.2) is 8.42 Å². The molecule has 0 amide bonds. The van der Waals surface area contributed by atoms with Crippen molar-refractivity contribution in [2.45, 2.75) is 23.5 Å². The van der Waals surface area contributed by atoms with Crippen LogP contribution >= 0.6 is 0 Å². The van der Waals surface area contributed by atoms with E-state index >= 15 is 0 Å². The van der Waals surface area contributed by atoms with Crippen molar-refractivity contribution >= 4 is 10.0 Å². The maximum absolute atomic E-state index is 12.6. The van der Waals surface area contributed by atoms with E-state index in [0.29, 0.717) is 38.8 Å². The van der Waals surface area contributed by atoms with E-state index in [9.17, 15) is 21.6 Å². The van der Waals surface area contributed by atoms with Crippen molar-refractivity contribution in [3.63, 3.8) is 0 Å². The van der Waals surface area contributed by atoms with Gasteiger partial charge in [0.05, 0.1) is 13.2 Å². The lowest BCUT2D eigenvalue weighted by Gasteiger charge is -2.32. The molecule has 0 saturated carbocycles. The number of ether oxygens (including phenoxy) is 1. The highest BCUT2D eigenvalue weighted by molar-refractivity contribution is 7.89. The summed E-state index contributed by atoms with van der Waals surface area (Å²) >= 11 is 0. The van der Waals surface area contributed by atoms with Crippen LogP contribution in [0.25, 0.3) is 0 Å². The van der Waals surface area contributed by atoms with Crippen LogP contribution < -0.4 is 0 Å². The number of halogens is 3. The lowest BCUT2D eigenvalue weighted by molar-refractivity contribution is -0.141. The Balaban J connectivity index is 1.71. The Hall–Kier alpha value is -1.23. The van der Waals surface area contributed by atoms with Gasteiger partial charge >= 0.3 is 6.18 Å². The predicted octanol–water partition coefficient (Wildman–Crippen LogP) is 1.20. The fourth-order valence-corrected chi connectivity index (χ4v) is 4.46. The normalized spacial score (nSPS) is 24.4. The molecule has 0 aromatic carbocycles. The van der Waals surface area contributed by atoms with Gasteiger partial charge in [-0.1, -0.05) is 0 Å². The van der Waals surface area contributed by atoms with Gasteiger partial charge in [-0.2, -0.15) is 17.5 Å². The SMILES string of the molecule is O=S(=O)(c1ccc(C(F)(F)F)nc1)N1CC[C@H](N2CCOCC2)C1. The van der Waals surface area contributed by atoms with Gasteiger partial charge in [-0.15, -0.1) is 0 Å². The molecule has 0 radical (unpaired) electrons. The zero-order chi connectivity index (χ0) is 17.4. The van der Waals surface area contributed by atoms with Crippen LogP contribution in [0.3, 0.4) is 0 Å². The lowest BCUT2D eigenvalue weighted by atomic mass is 10.2. The molecule has 2 aliphatic rings. The zero-order valence-corrected chi connectivity index (χ0v) is 13.7. The molecule has 2 fully saturated rings. The van der Waals surface area contributed by atoms with Crippen molar-refractivity contribution in [3.8, 4) is 0 Å². The second-order valence-electron chi connectivity index (χ2n) is 5.83. The molecule has 2 saturated heterocycles. The molecule has 3 heterocycles. The van der Waals surface area contributed by atoms with E-state index in [1.165, 1.54) is 4.31 Å². The number of hydrogen-bond acceptors (Lipinski definition) is 5. The van der Waals surface area contributed by atoms with Crippen molar-refractivity contribution in [2.75, 3.05) is 39.4 Å². The molecule has 3 rings (SSSR count). The van der Waals surface area contributed by atoms with Gasteiger partial charge in [0.15, 0.2) is 0 Å². The van der Waals surface area contributed by atoms with Crippen LogP contribution in [-0.2, 0) is 20.9 Å². The third kappa shape index (κ3) is 3.56. The third-order valence-corrected chi connectivity index (χ3v) is 6.20. The molecular formula is C14H18F3N3O3S. The number of nitrogens with zero attached hydrogens (tertiary/aromatic N) is 3. The monoisotopic (exact) mass is 365 g/mol. The van der Waals surface area contributed by atoms with E-state index in [0.717, 1.165) is 25.4 Å². The molecule has 1 aromatic rings. The fraction of sp³-hybridized carbons (Fsp3) is 0.643. The summed E-state index contributed by atoms with van der Waals surface area (Å²) in [7, 11) is -3.83. The van der Waals surface area contributed by atoms with E-state index in [-0.39, 0.29) is 10.9 Å². The first-order chi connectivity index (χ1) is 11.3. The molecule has 0 spiro atoms. The van der Waals surface area contributed by atoms with E-state index in [1.54, 1.807) is 0 Å². The van der Waals surface area contributed by atoms with Crippen molar-refractivity contribution in [1.82, 2.24) is 14.2 Å². The maximum Gasteiger partial charge on any atom is 0.433 e. The quantitative estimate of drug-likeness (QED) is 0.805. The highest BCUT2D eigenvalue weighted by atomic mass is 32.2. The Kier molecular flexibility index (Phi) is 4.82. The Morgan fingerprint density at radius 3 is 2.46 bits per heavy atom. The molecule has 2 aliphatic heterocycles. The van der Waals surface area contributed by atoms with Crippen LogP contribution in [0.2, 0.25) is 0 Å². The number of alkyl halides is 3. The van der Waals surface area contributed by atoms with Crippen LogP contribution in [0, 0.1) is 0 Å². The summed E-state index contributed by atoms with van der Waals surface area (Å²) in [6.07, 6.45) is -3.11. The van der Waals surface area contributed by atoms with Crippen LogP contribution in [0.4, 0.5) is 13.2 Å². The number of pyridine rings is 1. The second-order valence-corrected chi connectivity index (χ2v) is 7.77. The van der Waals surface area contributed by atoms with Crippen LogP contribution in [0.1, 0.15) is 12.1 Å². The molecule has 0 N–H and O–H groups in total. The number of aromatic nitrogens is 1. The molecule has 1 atom stereocenters. The summed E-state index contributed by atoms with van der Waals surface area (Å²) < 4.78 is 69.4. The molecule has 24 heavy (non-hydrogen) atoms. The second kappa shape index (κ2) is 6.58. The van der Waals surface area contributed by atoms with Crippen molar-refractivity contribution in [3.05, 3.63) is 24.0 Å². The minimum absolute atomic E-state index is 0.117. The van der Waals surface area contributed by atoms with E-state index in [1.807, 2.05) is 0 Å². The third-order valence-electron chi connectivity index (χ3n) is 4.35. The smallest absolute Gasteiger partial charge is 0.379 e. The largest absolute Gasteiger partial charge is 0.433 e. The molecule has 134 valence electrons. The molecule has 1 aromatic heterocycles. The number of sulfonamides is 1. The highest BCUT2D eigenvalue weighted by Gasteiger charge is 2.37. The van der Waals surface area contributed by atoms with Gasteiger partial charge in [0.25, 0.3) is 0 Å². The number of rotatable bonds is 3. The Bertz CT molecular complexity index is 673. The molecule has 10 heteroatoms. The minimum Gasteiger partial charge on any atom is -0.379 e. The van der Waals surface area contributed by atoms with Gasteiger partial charge in [0.1, 0.15) is 10.6 Å². The summed E-state index contributed by atoms with van der Waals surface area (Å²) in [5.74, 6) is 0. The number of morpholine rings is 1. The average Bonchev–Trinajstić information content (AvgIpc) is 3.06. The zero-order valence-electron chi connectivity index (χ0n) is 12.9. The van der Waals surface area contributed by atoms with Crippen LogP contribution in [-0.4, -0.2) is 68.0 Å². The molecule has 0 bridgehead atoms. The summed E-state index contributed by atoms with van der Waals surface area (Å²) in [5.41, 5.74) is -1.10. The van der Waals surface area contributed by atoms with Crippen molar-refractivity contribution < 1.29 is 26.3 Å². The first-order valence-electron chi connectivity index (χ1n) is 7.64. The van der Waals surface area contributed by atoms with Crippen LogP contribution in [0.5, 0.6) is 0 Å². The molecule has 0 unspecified atom stereocenters. The van der Waals surface area contributed by atoms with Crippen LogP contribution in [0.15, 0.2) is 23.2 Å². The Labute approximate surface area is 138 Å². The summed E-state index contributed by atoms with van der Waals surface area (Å²) in [6.45, 7) is 3.48. The summed E-state index contributed by atoms with van der Waals surface area (Å²) in [6, 6.07) is 1.78. The maximum atomic E-state index is 12.6. The Morgan fingerprint density at radius 2 is 1.88 bits per heavy atom. The fourth-order valence-electron chi connectivity index (χ4n) is 3.02. The standard InChI is InChI=1S/C14H18F3N3O3S/c15-14(16,17)13-2-1-12(9-18-13)24(21,22)20-4-3-11(10-20)19-5-7-23-8-6-19/h1-2,9,11H,3-8,10H2/t11-/m0/s1. The molecule has 0 aliphatic carbocycles. The summed E-state index contributed by atoms with van der Waals surface area (Å²) in [4.78, 5) is 5.23. The Morgan fingerprint density at radius 1 is 1.17 bits per heavy atom.